The maximum absolute atomic E-state index is 13.1. The van der Waals surface area contributed by atoms with Gasteiger partial charge in [0.2, 0.25) is 11.7 Å². The highest BCUT2D eigenvalue weighted by Gasteiger charge is 2.32. The molecule has 0 saturated carbocycles. The van der Waals surface area contributed by atoms with E-state index < -0.39 is 35.8 Å². The van der Waals surface area contributed by atoms with Crippen molar-refractivity contribution < 1.29 is 28.3 Å². The van der Waals surface area contributed by atoms with Crippen molar-refractivity contribution in [3.8, 4) is 0 Å². The largest absolute Gasteiger partial charge is 0.446 e. The summed E-state index contributed by atoms with van der Waals surface area (Å²) in [6, 6.07) is 7.00. The number of hydrogen-bond donors (Lipinski definition) is 3. The minimum Gasteiger partial charge on any atom is -0.446 e. The van der Waals surface area contributed by atoms with Crippen LogP contribution in [0.15, 0.2) is 40.9 Å². The van der Waals surface area contributed by atoms with Crippen molar-refractivity contribution in [3.63, 3.8) is 0 Å². The molecule has 3 amide bonds. The number of carbonyl (C=O) groups excluding carboxylic acids is 4. The Balaban J connectivity index is 1.68. The predicted octanol–water partition coefficient (Wildman–Crippen LogP) is 1.67. The number of amides is 3. The number of nitrogens with one attached hydrogen (secondary N) is 3. The fourth-order valence-corrected chi connectivity index (χ4v) is 3.53. The number of aromatic nitrogens is 1. The molecule has 2 heterocycles. The Morgan fingerprint density at radius 1 is 1.24 bits per heavy atom. The summed E-state index contributed by atoms with van der Waals surface area (Å²) in [6.07, 6.45) is 2.22. The molecule has 3 N–H and O–H groups in total. The lowest BCUT2D eigenvalue weighted by Crippen LogP contribution is -2.55. The van der Waals surface area contributed by atoms with Gasteiger partial charge in [-0.05, 0) is 24.3 Å². The molecule has 2 atom stereocenters. The molecule has 34 heavy (non-hydrogen) atoms. The summed E-state index contributed by atoms with van der Waals surface area (Å²) in [5, 5.41) is 7.74. The van der Waals surface area contributed by atoms with E-state index in [1.807, 2.05) is 44.2 Å². The van der Waals surface area contributed by atoms with Gasteiger partial charge in [-0.15, -0.1) is 0 Å². The number of nitrogens with zero attached hydrogens (tertiary/aromatic N) is 1. The van der Waals surface area contributed by atoms with Gasteiger partial charge >= 0.3 is 6.09 Å². The quantitative estimate of drug-likeness (QED) is 0.523. The van der Waals surface area contributed by atoms with E-state index in [9.17, 15) is 19.2 Å². The van der Waals surface area contributed by atoms with Crippen LogP contribution in [-0.4, -0.2) is 47.3 Å². The number of oxazole rings is 1. The lowest BCUT2D eigenvalue weighted by molar-refractivity contribution is -0.140. The zero-order valence-corrected chi connectivity index (χ0v) is 19.3. The maximum atomic E-state index is 13.1. The zero-order chi connectivity index (χ0) is 24.5. The van der Waals surface area contributed by atoms with Gasteiger partial charge in [-0.25, -0.2) is 9.78 Å². The van der Waals surface area contributed by atoms with Crippen molar-refractivity contribution in [2.45, 2.75) is 58.2 Å². The second kappa shape index (κ2) is 12.0. The van der Waals surface area contributed by atoms with Crippen molar-refractivity contribution in [1.29, 1.82) is 0 Å². The van der Waals surface area contributed by atoms with Crippen molar-refractivity contribution in [3.05, 3.63) is 53.7 Å². The number of alkyl carbamates (subject to hydrolysis) is 1. The molecular formula is C24H30N4O6. The summed E-state index contributed by atoms with van der Waals surface area (Å²) in [7, 11) is 0. The first-order chi connectivity index (χ1) is 16.3. The summed E-state index contributed by atoms with van der Waals surface area (Å²) in [5.74, 6) is -1.23. The first-order valence-corrected chi connectivity index (χ1v) is 11.3. The van der Waals surface area contributed by atoms with Gasteiger partial charge in [0, 0.05) is 13.0 Å². The molecule has 1 aliphatic rings. The molecule has 0 spiro atoms. The molecule has 1 aromatic heterocycles. The van der Waals surface area contributed by atoms with E-state index in [0.29, 0.717) is 31.6 Å². The highest BCUT2D eigenvalue weighted by atomic mass is 16.5. The third-order valence-electron chi connectivity index (χ3n) is 5.25. The number of Topliss-reactive ketones (excluding diaryl/α,β-unsaturated/α-hetero) is 1. The number of aryl methyl sites for hydroxylation is 1. The highest BCUT2D eigenvalue weighted by molar-refractivity contribution is 6.38. The molecule has 0 saturated heterocycles. The van der Waals surface area contributed by atoms with Crippen LogP contribution in [0.1, 0.15) is 43.9 Å². The van der Waals surface area contributed by atoms with E-state index in [0.717, 1.165) is 5.56 Å². The predicted molar refractivity (Wildman–Crippen MR) is 121 cm³/mol. The maximum Gasteiger partial charge on any atom is 0.408 e. The Morgan fingerprint density at radius 2 is 2.00 bits per heavy atom. The van der Waals surface area contributed by atoms with E-state index >= 15 is 0 Å². The normalized spacial score (nSPS) is 17.3. The number of fused-ring (bicyclic) bond motifs is 2. The van der Waals surface area contributed by atoms with Gasteiger partial charge in [0.25, 0.3) is 5.91 Å². The molecule has 10 heteroatoms. The monoisotopic (exact) mass is 470 g/mol. The van der Waals surface area contributed by atoms with E-state index in [1.54, 1.807) is 6.20 Å². The molecule has 3 rings (SSSR count). The van der Waals surface area contributed by atoms with Crippen LogP contribution in [0, 0.1) is 5.92 Å². The number of rotatable bonds is 7. The molecule has 0 radical (unpaired) electrons. The van der Waals surface area contributed by atoms with Crippen molar-refractivity contribution in [1.82, 2.24) is 20.9 Å². The first kappa shape index (κ1) is 24.9. The van der Waals surface area contributed by atoms with Gasteiger partial charge in [0.05, 0.1) is 12.6 Å². The SMILES string of the molecule is CC(C)CC(NC(=O)OCc1ccccc1)C(=O)NC1Cc2ncc(o2)CCCNC(=O)C1=O. The number of hydrogen-bond acceptors (Lipinski definition) is 7. The molecular weight excluding hydrogens is 440 g/mol. The Morgan fingerprint density at radius 3 is 2.74 bits per heavy atom. The summed E-state index contributed by atoms with van der Waals surface area (Å²) in [5.41, 5.74) is 0.807. The molecule has 0 fully saturated rings. The van der Waals surface area contributed by atoms with Gasteiger partial charge in [0.15, 0.2) is 5.89 Å². The third kappa shape index (κ3) is 7.43. The Bertz CT molecular complexity index is 1000. The number of ether oxygens (including phenoxy) is 1. The minimum atomic E-state index is -1.19. The van der Waals surface area contributed by atoms with Crippen LogP contribution in [0.5, 0.6) is 0 Å². The molecule has 182 valence electrons. The second-order valence-corrected chi connectivity index (χ2v) is 8.60. The standard InChI is InChI=1S/C24H30N4O6/c1-15(2)11-19(28-24(32)33-14-16-7-4-3-5-8-16)22(30)27-18-12-20-26-13-17(34-20)9-6-10-25-23(31)21(18)29/h3-5,7-8,13,15,18-19H,6,9-12,14H2,1-2H3,(H,25,31)(H,27,30)(H,28,32). The number of ketones is 1. The van der Waals surface area contributed by atoms with E-state index in [-0.39, 0.29) is 24.8 Å². The highest BCUT2D eigenvalue weighted by Crippen LogP contribution is 2.12. The van der Waals surface area contributed by atoms with E-state index in [2.05, 4.69) is 20.9 Å². The lowest BCUT2D eigenvalue weighted by atomic mass is 10.0. The molecule has 1 aliphatic heterocycles. The van der Waals surface area contributed by atoms with Crippen molar-refractivity contribution in [2.24, 2.45) is 5.92 Å². The van der Waals surface area contributed by atoms with Crippen LogP contribution in [0.3, 0.4) is 0 Å². The summed E-state index contributed by atoms with van der Waals surface area (Å²) in [4.78, 5) is 54.6. The average Bonchev–Trinajstić information content (AvgIpc) is 3.25. The Hall–Kier alpha value is -3.69. The number of benzene rings is 1. The molecule has 10 nitrogen and oxygen atoms in total. The second-order valence-electron chi connectivity index (χ2n) is 8.60. The molecule has 2 bridgehead atoms. The average molecular weight is 471 g/mol. The van der Waals surface area contributed by atoms with Gasteiger partial charge < -0.3 is 25.1 Å². The summed E-state index contributed by atoms with van der Waals surface area (Å²) < 4.78 is 10.9. The van der Waals surface area contributed by atoms with E-state index in [4.69, 9.17) is 9.15 Å². The minimum absolute atomic E-state index is 0.0521. The number of carbonyl (C=O) groups is 4. The van der Waals surface area contributed by atoms with Crippen LogP contribution in [-0.2, 0) is 38.6 Å². The van der Waals surface area contributed by atoms with Crippen molar-refractivity contribution >= 4 is 23.7 Å². The van der Waals surface area contributed by atoms with Crippen LogP contribution in [0.4, 0.5) is 4.79 Å². The van der Waals surface area contributed by atoms with Gasteiger partial charge in [0.1, 0.15) is 24.5 Å². The third-order valence-corrected chi connectivity index (χ3v) is 5.25. The molecule has 0 aliphatic carbocycles. The van der Waals surface area contributed by atoms with Crippen LogP contribution in [0.2, 0.25) is 0 Å². The lowest BCUT2D eigenvalue weighted by Gasteiger charge is -2.23. The molecule has 2 unspecified atom stereocenters. The van der Waals surface area contributed by atoms with Gasteiger partial charge in [-0.3, -0.25) is 14.4 Å². The van der Waals surface area contributed by atoms with Gasteiger partial charge in [-0.1, -0.05) is 44.2 Å². The zero-order valence-electron chi connectivity index (χ0n) is 19.3. The van der Waals surface area contributed by atoms with E-state index in [1.165, 1.54) is 0 Å². The molecule has 1 aromatic carbocycles. The summed E-state index contributed by atoms with van der Waals surface area (Å²) in [6.45, 7) is 4.15. The molecule has 2 aromatic rings. The fraction of sp³-hybridized carbons (Fsp3) is 0.458. The fourth-order valence-electron chi connectivity index (χ4n) is 3.53. The van der Waals surface area contributed by atoms with Crippen molar-refractivity contribution in [2.75, 3.05) is 6.54 Å². The first-order valence-electron chi connectivity index (χ1n) is 11.3. The van der Waals surface area contributed by atoms with Gasteiger partial charge in [-0.2, -0.15) is 0 Å². The topological polar surface area (TPSA) is 140 Å². The van der Waals surface area contributed by atoms with Crippen LogP contribution < -0.4 is 16.0 Å². The van der Waals surface area contributed by atoms with Crippen LogP contribution in [0.25, 0.3) is 0 Å². The smallest absolute Gasteiger partial charge is 0.408 e. The Labute approximate surface area is 197 Å². The Kier molecular flexibility index (Phi) is 8.78. The summed E-state index contributed by atoms with van der Waals surface area (Å²) >= 11 is 0. The van der Waals surface area contributed by atoms with Crippen LogP contribution >= 0.6 is 0 Å².